The fourth-order valence-corrected chi connectivity index (χ4v) is 3.88. The molecule has 1 aliphatic heterocycles. The van der Waals surface area contributed by atoms with Gasteiger partial charge < -0.3 is 4.90 Å². The molecule has 0 aliphatic carbocycles. The highest BCUT2D eigenvalue weighted by Gasteiger charge is 2.34. The van der Waals surface area contributed by atoms with Gasteiger partial charge in [0.05, 0.1) is 18.4 Å². The van der Waals surface area contributed by atoms with Crippen molar-refractivity contribution in [2.75, 3.05) is 24.5 Å². The molecule has 2 aromatic rings. The minimum atomic E-state index is -4.04. The summed E-state index contributed by atoms with van der Waals surface area (Å²) in [6, 6.07) is 8.57. The maximum absolute atomic E-state index is 13.8. The number of hydrogen-bond acceptors (Lipinski definition) is 4. The third-order valence-electron chi connectivity index (χ3n) is 3.60. The van der Waals surface area contributed by atoms with Crippen LogP contribution in [0.15, 0.2) is 53.7 Å². The molecule has 0 radical (unpaired) electrons. The number of nitrogens with zero attached hydrogens (tertiary/aromatic N) is 3. The third-order valence-corrected chi connectivity index (χ3v) is 5.48. The van der Waals surface area contributed by atoms with Gasteiger partial charge in [-0.15, -0.1) is 0 Å². The van der Waals surface area contributed by atoms with E-state index in [4.69, 9.17) is 0 Å². The van der Waals surface area contributed by atoms with Gasteiger partial charge in [-0.2, -0.15) is 4.31 Å². The SMILES string of the molecule is O=C1CN(S(=O)(=O)c2ccccc2F)CCN1c1cccnc1. The van der Waals surface area contributed by atoms with E-state index in [2.05, 4.69) is 4.98 Å². The number of aromatic nitrogens is 1. The van der Waals surface area contributed by atoms with Crippen LogP contribution in [0.25, 0.3) is 0 Å². The molecule has 1 amide bonds. The average molecular weight is 335 g/mol. The van der Waals surface area contributed by atoms with Crippen molar-refractivity contribution in [3.63, 3.8) is 0 Å². The van der Waals surface area contributed by atoms with E-state index in [-0.39, 0.29) is 25.5 Å². The van der Waals surface area contributed by atoms with Gasteiger partial charge in [0.15, 0.2) is 0 Å². The van der Waals surface area contributed by atoms with E-state index in [1.54, 1.807) is 24.5 Å². The largest absolute Gasteiger partial charge is 0.308 e. The molecule has 0 N–H and O–H groups in total. The van der Waals surface area contributed by atoms with Gasteiger partial charge in [-0.25, -0.2) is 12.8 Å². The van der Waals surface area contributed by atoms with Gasteiger partial charge in [0.25, 0.3) is 0 Å². The number of halogens is 1. The van der Waals surface area contributed by atoms with E-state index in [0.29, 0.717) is 5.69 Å². The molecule has 3 rings (SSSR count). The van der Waals surface area contributed by atoms with Gasteiger partial charge in [0.2, 0.25) is 15.9 Å². The Kier molecular flexibility index (Phi) is 4.10. The smallest absolute Gasteiger partial charge is 0.246 e. The summed E-state index contributed by atoms with van der Waals surface area (Å²) in [6.45, 7) is -0.0406. The van der Waals surface area contributed by atoms with Crippen molar-refractivity contribution in [2.45, 2.75) is 4.90 Å². The van der Waals surface area contributed by atoms with Crippen molar-refractivity contribution in [2.24, 2.45) is 0 Å². The van der Waals surface area contributed by atoms with Crippen molar-refractivity contribution in [1.29, 1.82) is 0 Å². The number of benzene rings is 1. The fourth-order valence-electron chi connectivity index (χ4n) is 2.44. The molecule has 6 nitrogen and oxygen atoms in total. The van der Waals surface area contributed by atoms with Crippen LogP contribution < -0.4 is 4.90 Å². The number of pyridine rings is 1. The molecule has 1 saturated heterocycles. The molecular weight excluding hydrogens is 321 g/mol. The van der Waals surface area contributed by atoms with Crippen molar-refractivity contribution in [3.8, 4) is 0 Å². The van der Waals surface area contributed by atoms with Gasteiger partial charge >= 0.3 is 0 Å². The van der Waals surface area contributed by atoms with Crippen LogP contribution in [0.2, 0.25) is 0 Å². The second-order valence-corrected chi connectivity index (χ2v) is 6.93. The van der Waals surface area contributed by atoms with E-state index in [0.717, 1.165) is 10.4 Å². The first-order valence-electron chi connectivity index (χ1n) is 6.95. The third kappa shape index (κ3) is 2.95. The Morgan fingerprint density at radius 2 is 1.87 bits per heavy atom. The first kappa shape index (κ1) is 15.6. The van der Waals surface area contributed by atoms with Crippen LogP contribution in [0.5, 0.6) is 0 Å². The second kappa shape index (κ2) is 6.05. The topological polar surface area (TPSA) is 70.6 Å². The molecule has 0 unspecified atom stereocenters. The lowest BCUT2D eigenvalue weighted by Crippen LogP contribution is -2.52. The van der Waals surface area contributed by atoms with Crippen LogP contribution in [0.3, 0.4) is 0 Å². The van der Waals surface area contributed by atoms with E-state index in [1.165, 1.54) is 23.1 Å². The maximum Gasteiger partial charge on any atom is 0.246 e. The summed E-state index contributed by atoms with van der Waals surface area (Å²) in [5.74, 6) is -1.20. The molecule has 0 spiro atoms. The first-order valence-corrected chi connectivity index (χ1v) is 8.39. The van der Waals surface area contributed by atoms with Gasteiger partial charge in [0, 0.05) is 19.3 Å². The Hall–Kier alpha value is -2.32. The van der Waals surface area contributed by atoms with Gasteiger partial charge in [-0.1, -0.05) is 12.1 Å². The van der Waals surface area contributed by atoms with Crippen LogP contribution in [0.4, 0.5) is 10.1 Å². The number of carbonyl (C=O) groups is 1. The molecule has 1 aromatic carbocycles. The highest BCUT2D eigenvalue weighted by Crippen LogP contribution is 2.22. The Bertz CT molecular complexity index is 827. The molecule has 8 heteroatoms. The van der Waals surface area contributed by atoms with Gasteiger partial charge in [0.1, 0.15) is 10.7 Å². The van der Waals surface area contributed by atoms with E-state index in [9.17, 15) is 17.6 Å². The van der Waals surface area contributed by atoms with Crippen molar-refractivity contribution in [3.05, 3.63) is 54.6 Å². The summed E-state index contributed by atoms with van der Waals surface area (Å²) in [4.78, 5) is 17.3. The maximum atomic E-state index is 13.8. The minimum Gasteiger partial charge on any atom is -0.308 e. The Labute approximate surface area is 133 Å². The van der Waals surface area contributed by atoms with Crippen LogP contribution in [-0.2, 0) is 14.8 Å². The van der Waals surface area contributed by atoms with E-state index in [1.807, 2.05) is 0 Å². The molecule has 1 fully saturated rings. The standard InChI is InChI=1S/C15H14FN3O3S/c16-13-5-1-2-6-14(13)23(21,22)18-8-9-19(15(20)11-18)12-4-3-7-17-10-12/h1-7,10H,8-9,11H2. The molecule has 0 saturated carbocycles. The molecule has 0 atom stereocenters. The zero-order valence-corrected chi connectivity index (χ0v) is 12.9. The van der Waals surface area contributed by atoms with Crippen LogP contribution in [-0.4, -0.2) is 43.2 Å². The molecule has 1 aliphatic rings. The Morgan fingerprint density at radius 3 is 2.52 bits per heavy atom. The molecular formula is C15H14FN3O3S. The lowest BCUT2D eigenvalue weighted by atomic mass is 10.3. The quantitative estimate of drug-likeness (QED) is 0.847. The molecule has 0 bridgehead atoms. The molecule has 1 aromatic heterocycles. The lowest BCUT2D eigenvalue weighted by Gasteiger charge is -2.33. The fraction of sp³-hybridized carbons (Fsp3) is 0.200. The monoisotopic (exact) mass is 335 g/mol. The molecule has 2 heterocycles. The Morgan fingerprint density at radius 1 is 1.09 bits per heavy atom. The van der Waals surface area contributed by atoms with Crippen LogP contribution in [0.1, 0.15) is 0 Å². The van der Waals surface area contributed by atoms with Crippen molar-refractivity contribution < 1.29 is 17.6 Å². The van der Waals surface area contributed by atoms with Crippen LogP contribution >= 0.6 is 0 Å². The van der Waals surface area contributed by atoms with Gasteiger partial charge in [-0.3, -0.25) is 9.78 Å². The van der Waals surface area contributed by atoms with E-state index >= 15 is 0 Å². The molecule has 120 valence electrons. The zero-order valence-electron chi connectivity index (χ0n) is 12.1. The number of piperazine rings is 1. The summed E-state index contributed by atoms with van der Waals surface area (Å²) in [6.07, 6.45) is 3.13. The first-order chi connectivity index (χ1) is 11.0. The summed E-state index contributed by atoms with van der Waals surface area (Å²) >= 11 is 0. The zero-order chi connectivity index (χ0) is 16.4. The normalized spacial score (nSPS) is 16.6. The van der Waals surface area contributed by atoms with E-state index < -0.39 is 20.7 Å². The van der Waals surface area contributed by atoms with Crippen molar-refractivity contribution >= 4 is 21.6 Å². The number of carbonyl (C=O) groups excluding carboxylic acids is 1. The number of sulfonamides is 1. The number of rotatable bonds is 3. The predicted octanol–water partition coefficient (Wildman–Crippen LogP) is 1.26. The number of anilines is 1. The van der Waals surface area contributed by atoms with Gasteiger partial charge in [-0.05, 0) is 24.3 Å². The number of amides is 1. The summed E-state index contributed by atoms with van der Waals surface area (Å²) in [7, 11) is -4.04. The van der Waals surface area contributed by atoms with Crippen molar-refractivity contribution in [1.82, 2.24) is 9.29 Å². The summed E-state index contributed by atoms with van der Waals surface area (Å²) < 4.78 is 39.8. The Balaban J connectivity index is 1.83. The van der Waals surface area contributed by atoms with Crippen LogP contribution in [0, 0.1) is 5.82 Å². The summed E-state index contributed by atoms with van der Waals surface area (Å²) in [5.41, 5.74) is 0.612. The number of hydrogen-bond donors (Lipinski definition) is 0. The molecule has 23 heavy (non-hydrogen) atoms. The minimum absolute atomic E-state index is 0.0945. The highest BCUT2D eigenvalue weighted by atomic mass is 32.2. The average Bonchev–Trinajstić information content (AvgIpc) is 2.56. The summed E-state index contributed by atoms with van der Waals surface area (Å²) in [5, 5.41) is 0. The predicted molar refractivity (Wildman–Crippen MR) is 81.7 cm³/mol. The second-order valence-electron chi connectivity index (χ2n) is 5.03. The lowest BCUT2D eigenvalue weighted by molar-refractivity contribution is -0.119. The highest BCUT2D eigenvalue weighted by molar-refractivity contribution is 7.89.